The molecule has 17 heavy (non-hydrogen) atoms. The Balaban J connectivity index is 3.92. The van der Waals surface area contributed by atoms with Crippen LogP contribution in [-0.4, -0.2) is 42.5 Å². The third kappa shape index (κ3) is 7.56. The molecule has 0 saturated carbocycles. The van der Waals surface area contributed by atoms with Gasteiger partial charge in [0.05, 0.1) is 13.5 Å². The van der Waals surface area contributed by atoms with Gasteiger partial charge in [0.15, 0.2) is 6.61 Å². The number of methoxy groups -OCH3 is 1. The van der Waals surface area contributed by atoms with E-state index in [4.69, 9.17) is 5.11 Å². The van der Waals surface area contributed by atoms with Crippen molar-refractivity contribution >= 4 is 23.7 Å². The van der Waals surface area contributed by atoms with Crippen molar-refractivity contribution in [1.82, 2.24) is 0 Å². The highest BCUT2D eigenvalue weighted by Crippen LogP contribution is 1.93. The molecule has 7 heteroatoms. The van der Waals surface area contributed by atoms with Gasteiger partial charge in [0.1, 0.15) is 0 Å². The summed E-state index contributed by atoms with van der Waals surface area (Å²) in [6.07, 6.45) is -0.875. The number of carbonyl (C=O) groups excluding carboxylic acids is 3. The van der Waals surface area contributed by atoms with Crippen LogP contribution in [0.25, 0.3) is 0 Å². The molecule has 0 aliphatic heterocycles. The monoisotopic (exact) mass is 242 g/mol. The van der Waals surface area contributed by atoms with Gasteiger partial charge in [-0.1, -0.05) is 0 Å². The molecule has 0 unspecified atom stereocenters. The predicted octanol–water partition coefficient (Wildman–Crippen LogP) is -0.860. The Labute approximate surface area is 96.7 Å². The van der Waals surface area contributed by atoms with Crippen molar-refractivity contribution in [2.24, 2.45) is 0 Å². The normalized spacial score (nSPS) is 8.53. The summed E-state index contributed by atoms with van der Waals surface area (Å²) in [5, 5.41) is 8.27. The number of carbonyl (C=O) groups is 4. The molecule has 0 aliphatic rings. The number of Topliss-reactive ketones (excluding diaryl/α,β-unsaturated/α-hetero) is 1. The molecule has 0 heterocycles. The first-order valence-electron chi connectivity index (χ1n) is 4.46. The van der Waals surface area contributed by atoms with Crippen molar-refractivity contribution in [3.8, 4) is 11.8 Å². The molecule has 0 aromatic carbocycles. The van der Waals surface area contributed by atoms with E-state index in [0.29, 0.717) is 0 Å². The van der Waals surface area contributed by atoms with E-state index >= 15 is 0 Å². The van der Waals surface area contributed by atoms with Gasteiger partial charge in [-0.3, -0.25) is 9.59 Å². The summed E-state index contributed by atoms with van der Waals surface area (Å²) in [7, 11) is 1.14. The van der Waals surface area contributed by atoms with Crippen molar-refractivity contribution < 1.29 is 33.8 Å². The maximum atomic E-state index is 11.0. The van der Waals surface area contributed by atoms with Crippen molar-refractivity contribution in [2.75, 3.05) is 13.7 Å². The first-order chi connectivity index (χ1) is 7.97. The minimum Gasteiger partial charge on any atom is -0.481 e. The number of carboxylic acids is 1. The molecule has 0 aromatic heterocycles. The molecule has 0 aromatic rings. The number of ketones is 1. The molecule has 0 rings (SSSR count). The van der Waals surface area contributed by atoms with Crippen LogP contribution in [0.3, 0.4) is 0 Å². The summed E-state index contributed by atoms with van der Waals surface area (Å²) in [6, 6.07) is 0. The van der Waals surface area contributed by atoms with Gasteiger partial charge in [-0.15, -0.1) is 0 Å². The summed E-state index contributed by atoms with van der Waals surface area (Å²) >= 11 is 0. The molecule has 0 atom stereocenters. The van der Waals surface area contributed by atoms with Crippen LogP contribution in [0.5, 0.6) is 0 Å². The van der Waals surface area contributed by atoms with Crippen LogP contribution < -0.4 is 0 Å². The molecular weight excluding hydrogens is 232 g/mol. The number of rotatable bonds is 5. The minimum absolute atomic E-state index is 0.432. The zero-order valence-electron chi connectivity index (χ0n) is 9.02. The van der Waals surface area contributed by atoms with Crippen LogP contribution in [0.4, 0.5) is 0 Å². The Bertz CT molecular complexity index is 385. The summed E-state index contributed by atoms with van der Waals surface area (Å²) in [5.74, 6) is 0.0295. The maximum absolute atomic E-state index is 11.0. The van der Waals surface area contributed by atoms with E-state index in [1.807, 2.05) is 5.92 Å². The van der Waals surface area contributed by atoms with E-state index in [-0.39, 0.29) is 0 Å². The number of hydrogen-bond donors (Lipinski definition) is 1. The lowest BCUT2D eigenvalue weighted by atomic mass is 10.2. The van der Waals surface area contributed by atoms with E-state index < -0.39 is 43.1 Å². The van der Waals surface area contributed by atoms with Crippen LogP contribution in [0.2, 0.25) is 0 Å². The number of aliphatic carboxylic acids is 1. The third-order valence-electron chi connectivity index (χ3n) is 1.44. The second-order valence-electron chi connectivity index (χ2n) is 2.69. The SMILES string of the molecule is COC(=O)C#CCOC(=O)C(=O)CCC(=O)O. The molecule has 0 spiro atoms. The second-order valence-corrected chi connectivity index (χ2v) is 2.69. The Hall–Kier alpha value is -2.36. The van der Waals surface area contributed by atoms with Crippen LogP contribution in [0, 0.1) is 11.8 Å². The molecule has 0 fully saturated rings. The summed E-state index contributed by atoms with van der Waals surface area (Å²) in [5.41, 5.74) is 0. The molecule has 0 saturated heterocycles. The molecule has 0 bridgehead atoms. The van der Waals surface area contributed by atoms with Crippen molar-refractivity contribution in [3.63, 3.8) is 0 Å². The first kappa shape index (κ1) is 14.6. The lowest BCUT2D eigenvalue weighted by Gasteiger charge is -1.97. The van der Waals surface area contributed by atoms with Gasteiger partial charge >= 0.3 is 17.9 Å². The second kappa shape index (κ2) is 7.87. The van der Waals surface area contributed by atoms with E-state index in [0.717, 1.165) is 7.11 Å². The predicted molar refractivity (Wildman–Crippen MR) is 52.6 cm³/mol. The zero-order valence-corrected chi connectivity index (χ0v) is 9.02. The summed E-state index contributed by atoms with van der Waals surface area (Å²) in [6.45, 7) is -0.438. The summed E-state index contributed by atoms with van der Waals surface area (Å²) in [4.78, 5) is 42.5. The van der Waals surface area contributed by atoms with Crippen molar-refractivity contribution in [1.29, 1.82) is 0 Å². The molecule has 7 nitrogen and oxygen atoms in total. The largest absolute Gasteiger partial charge is 0.481 e. The Morgan fingerprint density at radius 2 is 1.82 bits per heavy atom. The standard InChI is InChI=1S/C10H10O7/c1-16-9(14)3-2-6-17-10(15)7(11)4-5-8(12)13/h4-6H2,1H3,(H,12,13). The van der Waals surface area contributed by atoms with Gasteiger partial charge in [-0.2, -0.15) is 0 Å². The fourth-order valence-corrected chi connectivity index (χ4v) is 0.664. The van der Waals surface area contributed by atoms with Crippen molar-refractivity contribution in [3.05, 3.63) is 0 Å². The van der Waals surface area contributed by atoms with E-state index in [1.165, 1.54) is 0 Å². The Morgan fingerprint density at radius 1 is 1.18 bits per heavy atom. The fourth-order valence-electron chi connectivity index (χ4n) is 0.664. The lowest BCUT2D eigenvalue weighted by molar-refractivity contribution is -0.153. The van der Waals surface area contributed by atoms with Crippen LogP contribution in [-0.2, 0) is 28.7 Å². The number of ether oxygens (including phenoxy) is 2. The molecule has 0 amide bonds. The van der Waals surface area contributed by atoms with Gasteiger partial charge in [0.2, 0.25) is 5.78 Å². The van der Waals surface area contributed by atoms with E-state index in [9.17, 15) is 19.2 Å². The van der Waals surface area contributed by atoms with E-state index in [2.05, 4.69) is 15.4 Å². The topological polar surface area (TPSA) is 107 Å². The van der Waals surface area contributed by atoms with Gasteiger partial charge in [-0.05, 0) is 5.92 Å². The molecule has 92 valence electrons. The number of hydrogen-bond acceptors (Lipinski definition) is 6. The first-order valence-corrected chi connectivity index (χ1v) is 4.46. The molecule has 0 radical (unpaired) electrons. The number of esters is 2. The molecule has 0 aliphatic carbocycles. The van der Waals surface area contributed by atoms with E-state index in [1.54, 1.807) is 0 Å². The van der Waals surface area contributed by atoms with Gasteiger partial charge in [0.25, 0.3) is 0 Å². The van der Waals surface area contributed by atoms with Crippen molar-refractivity contribution in [2.45, 2.75) is 12.8 Å². The summed E-state index contributed by atoms with van der Waals surface area (Å²) < 4.78 is 8.55. The minimum atomic E-state index is -1.18. The lowest BCUT2D eigenvalue weighted by Crippen LogP contribution is -2.18. The molecular formula is C10H10O7. The average Bonchev–Trinajstić information content (AvgIpc) is 2.30. The Kier molecular flexibility index (Phi) is 6.78. The quantitative estimate of drug-likeness (QED) is 0.289. The highest BCUT2D eigenvalue weighted by molar-refractivity contribution is 6.33. The highest BCUT2D eigenvalue weighted by atomic mass is 16.5. The van der Waals surface area contributed by atoms with Gasteiger partial charge in [-0.25, -0.2) is 9.59 Å². The fraction of sp³-hybridized carbons (Fsp3) is 0.400. The van der Waals surface area contributed by atoms with Crippen LogP contribution in [0.15, 0.2) is 0 Å². The highest BCUT2D eigenvalue weighted by Gasteiger charge is 2.15. The molecule has 1 N–H and O–H groups in total. The zero-order chi connectivity index (χ0) is 13.3. The van der Waals surface area contributed by atoms with Crippen LogP contribution in [0.1, 0.15) is 12.8 Å². The maximum Gasteiger partial charge on any atom is 0.384 e. The van der Waals surface area contributed by atoms with Crippen LogP contribution >= 0.6 is 0 Å². The average molecular weight is 242 g/mol. The smallest absolute Gasteiger partial charge is 0.384 e. The Morgan fingerprint density at radius 3 is 2.35 bits per heavy atom. The van der Waals surface area contributed by atoms with Gasteiger partial charge < -0.3 is 14.6 Å². The van der Waals surface area contributed by atoms with Gasteiger partial charge in [0, 0.05) is 12.3 Å². The third-order valence-corrected chi connectivity index (χ3v) is 1.44. The number of carboxylic acid groups (broad SMARTS) is 1.